The average molecular weight is 320 g/mol. The second-order valence-electron chi connectivity index (χ2n) is 6.50. The van der Waals surface area contributed by atoms with Crippen LogP contribution in [-0.4, -0.2) is 37.5 Å². The number of likely N-dealkylation sites (N-methyl/N-ethyl adjacent to an activating group) is 1. The van der Waals surface area contributed by atoms with E-state index in [1.54, 1.807) is 0 Å². The summed E-state index contributed by atoms with van der Waals surface area (Å²) in [5.74, 6) is 0.377. The van der Waals surface area contributed by atoms with Crippen LogP contribution in [0.25, 0.3) is 0 Å². The van der Waals surface area contributed by atoms with Crippen molar-refractivity contribution in [3.8, 4) is 0 Å². The quantitative estimate of drug-likeness (QED) is 0.673. The van der Waals surface area contributed by atoms with Crippen LogP contribution in [0.2, 0.25) is 0 Å². The average Bonchev–Trinajstić information content (AvgIpc) is 2.46. The van der Waals surface area contributed by atoms with Crippen molar-refractivity contribution in [3.63, 3.8) is 0 Å². The number of amides is 2. The molecule has 0 aliphatic heterocycles. The number of rotatable bonds is 8. The number of benzene rings is 1. The molecule has 1 rings (SSSR count). The number of nitrogens with one attached hydrogen (secondary N) is 3. The maximum atomic E-state index is 12.1. The van der Waals surface area contributed by atoms with Crippen LogP contribution in [0.5, 0.6) is 0 Å². The summed E-state index contributed by atoms with van der Waals surface area (Å²) in [6.07, 6.45) is 0. The predicted octanol–water partition coefficient (Wildman–Crippen LogP) is 1.18. The molecule has 1 aromatic rings. The minimum atomic E-state index is -0.0727. The van der Waals surface area contributed by atoms with Gasteiger partial charge >= 0.3 is 0 Å². The highest BCUT2D eigenvalue weighted by atomic mass is 16.2. The highest BCUT2D eigenvalue weighted by Crippen LogP contribution is 2.16. The van der Waals surface area contributed by atoms with Crippen molar-refractivity contribution in [2.45, 2.75) is 46.6 Å². The molecule has 0 saturated heterocycles. The molecule has 1 aromatic carbocycles. The summed E-state index contributed by atoms with van der Waals surface area (Å²) in [6.45, 7) is 11.4. The van der Waals surface area contributed by atoms with E-state index in [1.807, 2.05) is 45.0 Å². The van der Waals surface area contributed by atoms with Gasteiger partial charge in [0.15, 0.2) is 13.1 Å². The van der Waals surface area contributed by atoms with Crippen molar-refractivity contribution >= 4 is 17.5 Å². The van der Waals surface area contributed by atoms with Crippen molar-refractivity contribution in [1.29, 1.82) is 0 Å². The minimum Gasteiger partial charge on any atom is -0.349 e. The van der Waals surface area contributed by atoms with Crippen LogP contribution in [0.15, 0.2) is 24.3 Å². The Morgan fingerprint density at radius 1 is 1.00 bits per heavy atom. The Balaban J connectivity index is 2.51. The van der Waals surface area contributed by atoms with Crippen molar-refractivity contribution in [2.75, 3.05) is 25.0 Å². The van der Waals surface area contributed by atoms with Gasteiger partial charge in [-0.15, -0.1) is 0 Å². The van der Waals surface area contributed by atoms with E-state index < -0.39 is 0 Å². The van der Waals surface area contributed by atoms with E-state index in [-0.39, 0.29) is 24.4 Å². The van der Waals surface area contributed by atoms with Crippen molar-refractivity contribution in [1.82, 2.24) is 5.32 Å². The molecule has 128 valence electrons. The zero-order valence-corrected chi connectivity index (χ0v) is 14.9. The number of hydrogen-bond donors (Lipinski definition) is 3. The second kappa shape index (κ2) is 9.30. The third-order valence-corrected chi connectivity index (χ3v) is 3.63. The number of carbonyl (C=O) groups is 2. The van der Waals surface area contributed by atoms with E-state index in [0.717, 1.165) is 17.1 Å². The first kappa shape index (κ1) is 19.2. The van der Waals surface area contributed by atoms with Gasteiger partial charge in [-0.25, -0.2) is 0 Å². The summed E-state index contributed by atoms with van der Waals surface area (Å²) >= 11 is 0. The highest BCUT2D eigenvalue weighted by molar-refractivity contribution is 5.91. The summed E-state index contributed by atoms with van der Waals surface area (Å²) in [5, 5.41) is 5.75. The largest absolute Gasteiger partial charge is 0.349 e. The molecule has 0 bridgehead atoms. The Kier molecular flexibility index (Phi) is 7.75. The van der Waals surface area contributed by atoms with E-state index in [0.29, 0.717) is 12.5 Å². The van der Waals surface area contributed by atoms with E-state index in [2.05, 4.69) is 24.5 Å². The number of carbonyl (C=O) groups excluding carboxylic acids is 2. The van der Waals surface area contributed by atoms with Crippen LogP contribution in [0.1, 0.15) is 46.1 Å². The Morgan fingerprint density at radius 3 is 2.04 bits per heavy atom. The molecule has 1 atom stereocenters. The van der Waals surface area contributed by atoms with E-state index in [4.69, 9.17) is 0 Å². The van der Waals surface area contributed by atoms with E-state index in [9.17, 15) is 9.59 Å². The molecule has 5 heteroatoms. The SMILES string of the molecule is CC[NH+](CC(=O)Nc1ccc(C(C)C)cc1)CC(=O)NC(C)C. The fraction of sp³-hybridized carbons (Fsp3) is 0.556. The molecule has 0 saturated carbocycles. The monoisotopic (exact) mass is 320 g/mol. The summed E-state index contributed by atoms with van der Waals surface area (Å²) < 4.78 is 0. The second-order valence-corrected chi connectivity index (χ2v) is 6.50. The van der Waals surface area contributed by atoms with Crippen LogP contribution in [0.4, 0.5) is 5.69 Å². The minimum absolute atomic E-state index is 0.0223. The molecular weight excluding hydrogens is 290 g/mol. The van der Waals surface area contributed by atoms with Crippen molar-refractivity contribution in [3.05, 3.63) is 29.8 Å². The van der Waals surface area contributed by atoms with Crippen LogP contribution < -0.4 is 15.5 Å². The van der Waals surface area contributed by atoms with Crippen LogP contribution in [0, 0.1) is 0 Å². The first-order valence-corrected chi connectivity index (χ1v) is 8.34. The Hall–Kier alpha value is -1.88. The Morgan fingerprint density at radius 2 is 1.57 bits per heavy atom. The van der Waals surface area contributed by atoms with Gasteiger partial charge in [0, 0.05) is 11.7 Å². The summed E-state index contributed by atoms with van der Waals surface area (Å²) in [7, 11) is 0. The van der Waals surface area contributed by atoms with Gasteiger partial charge < -0.3 is 15.5 Å². The van der Waals surface area contributed by atoms with Crippen LogP contribution >= 0.6 is 0 Å². The zero-order valence-electron chi connectivity index (χ0n) is 14.9. The van der Waals surface area contributed by atoms with Crippen LogP contribution in [-0.2, 0) is 9.59 Å². The molecule has 0 aromatic heterocycles. The lowest BCUT2D eigenvalue weighted by Crippen LogP contribution is -3.14. The van der Waals surface area contributed by atoms with Gasteiger partial charge in [-0.05, 0) is 44.4 Å². The maximum Gasteiger partial charge on any atom is 0.279 e. The summed E-state index contributed by atoms with van der Waals surface area (Å²) in [4.78, 5) is 24.9. The molecule has 0 spiro atoms. The zero-order chi connectivity index (χ0) is 17.4. The molecule has 0 radical (unpaired) electrons. The molecule has 2 amide bonds. The van der Waals surface area contributed by atoms with Gasteiger partial charge in [0.25, 0.3) is 11.8 Å². The summed E-state index contributed by atoms with van der Waals surface area (Å²) in [5.41, 5.74) is 2.04. The van der Waals surface area contributed by atoms with Gasteiger partial charge in [-0.2, -0.15) is 0 Å². The Bertz CT molecular complexity index is 510. The molecule has 0 heterocycles. The lowest BCUT2D eigenvalue weighted by atomic mass is 10.0. The number of quaternary nitrogens is 1. The van der Waals surface area contributed by atoms with Crippen molar-refractivity contribution in [2.24, 2.45) is 0 Å². The van der Waals surface area contributed by atoms with E-state index >= 15 is 0 Å². The normalized spacial score (nSPS) is 12.3. The third kappa shape index (κ3) is 7.28. The molecule has 1 unspecified atom stereocenters. The molecular formula is C18H30N3O2+. The molecule has 3 N–H and O–H groups in total. The van der Waals surface area contributed by atoms with E-state index in [1.165, 1.54) is 5.56 Å². The van der Waals surface area contributed by atoms with Crippen LogP contribution in [0.3, 0.4) is 0 Å². The fourth-order valence-electron chi connectivity index (χ4n) is 2.30. The smallest absolute Gasteiger partial charge is 0.279 e. The molecule has 0 fully saturated rings. The molecule has 23 heavy (non-hydrogen) atoms. The molecule has 0 aliphatic rings. The van der Waals surface area contributed by atoms with Gasteiger partial charge in [-0.1, -0.05) is 26.0 Å². The summed E-state index contributed by atoms with van der Waals surface area (Å²) in [6, 6.07) is 8.02. The fourth-order valence-corrected chi connectivity index (χ4v) is 2.30. The first-order valence-electron chi connectivity index (χ1n) is 8.34. The number of anilines is 1. The van der Waals surface area contributed by atoms with Gasteiger partial charge in [0.2, 0.25) is 0 Å². The highest BCUT2D eigenvalue weighted by Gasteiger charge is 2.17. The van der Waals surface area contributed by atoms with Gasteiger partial charge in [-0.3, -0.25) is 9.59 Å². The lowest BCUT2D eigenvalue weighted by molar-refractivity contribution is -0.881. The molecule has 5 nitrogen and oxygen atoms in total. The standard InChI is InChI=1S/C18H29N3O2/c1-6-21(11-17(22)19-14(4)5)12-18(23)20-16-9-7-15(8-10-16)13(2)3/h7-10,13-14H,6,11-12H2,1-5H3,(H,19,22)(H,20,23)/p+1. The first-order chi connectivity index (χ1) is 10.8. The van der Waals surface area contributed by atoms with Gasteiger partial charge in [0.05, 0.1) is 6.54 Å². The van der Waals surface area contributed by atoms with Gasteiger partial charge in [0.1, 0.15) is 0 Å². The van der Waals surface area contributed by atoms with Crippen molar-refractivity contribution < 1.29 is 14.5 Å². The lowest BCUT2D eigenvalue weighted by Gasteiger charge is -2.18. The predicted molar refractivity (Wildman–Crippen MR) is 93.7 cm³/mol. The third-order valence-electron chi connectivity index (χ3n) is 3.63. The maximum absolute atomic E-state index is 12.1. The Labute approximate surface area is 139 Å². The molecule has 0 aliphatic carbocycles. The topological polar surface area (TPSA) is 62.6 Å². The number of hydrogen-bond acceptors (Lipinski definition) is 2.